The van der Waals surface area contributed by atoms with Crippen molar-refractivity contribution in [3.8, 4) is 0 Å². The maximum absolute atomic E-state index is 12.2. The number of rotatable bonds is 4. The molecular weight excluding hydrogens is 284 g/mol. The summed E-state index contributed by atoms with van der Waals surface area (Å²) >= 11 is 5.93. The normalized spacial score (nSPS) is 16.8. The first-order valence-corrected chi connectivity index (χ1v) is 8.20. The van der Waals surface area contributed by atoms with Crippen molar-refractivity contribution < 1.29 is 4.79 Å². The number of benzene rings is 1. The van der Waals surface area contributed by atoms with E-state index in [1.165, 1.54) is 38.5 Å². The Balaban J connectivity index is 1.88. The summed E-state index contributed by atoms with van der Waals surface area (Å²) in [6.45, 7) is 2.41. The molecule has 1 aliphatic rings. The van der Waals surface area contributed by atoms with Crippen molar-refractivity contribution in [1.29, 1.82) is 0 Å². The van der Waals surface area contributed by atoms with Crippen LogP contribution in [0.3, 0.4) is 0 Å². The van der Waals surface area contributed by atoms with Crippen molar-refractivity contribution in [2.24, 2.45) is 0 Å². The molecule has 1 aromatic carbocycles. The van der Waals surface area contributed by atoms with Gasteiger partial charge in [0.2, 0.25) is 5.91 Å². The zero-order valence-electron chi connectivity index (χ0n) is 13.0. The van der Waals surface area contributed by atoms with Crippen LogP contribution in [0.25, 0.3) is 0 Å². The van der Waals surface area contributed by atoms with Crippen LogP contribution < -0.4 is 5.32 Å². The minimum atomic E-state index is 0.0483. The van der Waals surface area contributed by atoms with Gasteiger partial charge in [0, 0.05) is 16.8 Å². The van der Waals surface area contributed by atoms with E-state index in [9.17, 15) is 4.79 Å². The molecule has 1 aromatic rings. The molecule has 0 aromatic heterocycles. The number of likely N-dealkylation sites (N-methyl/N-ethyl adjacent to an activating group) is 1. The van der Waals surface area contributed by atoms with Crippen molar-refractivity contribution in [3.63, 3.8) is 0 Å². The highest BCUT2D eigenvalue weighted by Gasteiger charge is 2.19. The average molecular weight is 309 g/mol. The van der Waals surface area contributed by atoms with Gasteiger partial charge in [-0.05, 0) is 50.6 Å². The van der Waals surface area contributed by atoms with Gasteiger partial charge in [-0.3, -0.25) is 9.69 Å². The number of hydrogen-bond donors (Lipinski definition) is 1. The first-order chi connectivity index (χ1) is 10.1. The Morgan fingerprint density at radius 2 is 1.95 bits per heavy atom. The van der Waals surface area contributed by atoms with Gasteiger partial charge in [-0.2, -0.15) is 0 Å². The Kier molecular flexibility index (Phi) is 6.07. The molecule has 4 heteroatoms. The van der Waals surface area contributed by atoms with Crippen molar-refractivity contribution in [2.45, 2.75) is 51.5 Å². The first-order valence-electron chi connectivity index (χ1n) is 7.82. The molecule has 0 atom stereocenters. The van der Waals surface area contributed by atoms with Crippen LogP contribution in [0.2, 0.25) is 5.02 Å². The minimum absolute atomic E-state index is 0.0483. The Morgan fingerprint density at radius 1 is 1.29 bits per heavy atom. The first kappa shape index (κ1) is 16.3. The summed E-state index contributed by atoms with van der Waals surface area (Å²) in [5.41, 5.74) is 1.84. The van der Waals surface area contributed by atoms with Crippen LogP contribution in [-0.2, 0) is 4.79 Å². The molecule has 1 saturated carbocycles. The molecule has 0 heterocycles. The predicted octanol–water partition coefficient (Wildman–Crippen LogP) is 4.24. The largest absolute Gasteiger partial charge is 0.325 e. The summed E-state index contributed by atoms with van der Waals surface area (Å²) < 4.78 is 0. The van der Waals surface area contributed by atoms with E-state index in [0.29, 0.717) is 17.6 Å². The Hall–Kier alpha value is -1.06. The zero-order valence-corrected chi connectivity index (χ0v) is 13.7. The minimum Gasteiger partial charge on any atom is -0.325 e. The lowest BCUT2D eigenvalue weighted by Crippen LogP contribution is -2.37. The van der Waals surface area contributed by atoms with Gasteiger partial charge < -0.3 is 5.32 Å². The van der Waals surface area contributed by atoms with Crippen molar-refractivity contribution in [2.75, 3.05) is 18.9 Å². The topological polar surface area (TPSA) is 32.3 Å². The molecular formula is C17H25ClN2O. The number of nitrogens with one attached hydrogen (secondary N) is 1. The van der Waals surface area contributed by atoms with Gasteiger partial charge in [0.05, 0.1) is 6.54 Å². The average Bonchev–Trinajstić information content (AvgIpc) is 2.71. The van der Waals surface area contributed by atoms with E-state index in [1.807, 2.05) is 19.1 Å². The van der Waals surface area contributed by atoms with E-state index in [2.05, 4.69) is 17.3 Å². The van der Waals surface area contributed by atoms with Crippen LogP contribution in [0.4, 0.5) is 5.69 Å². The van der Waals surface area contributed by atoms with Gasteiger partial charge >= 0.3 is 0 Å². The van der Waals surface area contributed by atoms with Gasteiger partial charge in [0.15, 0.2) is 0 Å². The van der Waals surface area contributed by atoms with Crippen LogP contribution >= 0.6 is 11.6 Å². The lowest BCUT2D eigenvalue weighted by atomic mass is 10.1. The lowest BCUT2D eigenvalue weighted by Gasteiger charge is -2.26. The second-order valence-electron chi connectivity index (χ2n) is 6.07. The quantitative estimate of drug-likeness (QED) is 0.844. The molecule has 0 radical (unpaired) electrons. The Labute approximate surface area is 132 Å². The van der Waals surface area contributed by atoms with Crippen LogP contribution in [-0.4, -0.2) is 30.4 Å². The van der Waals surface area contributed by atoms with E-state index < -0.39 is 0 Å². The number of nitrogens with zero attached hydrogens (tertiary/aromatic N) is 1. The van der Waals surface area contributed by atoms with Crippen molar-refractivity contribution >= 4 is 23.2 Å². The SMILES string of the molecule is Cc1cc(Cl)ccc1NC(=O)CN(C)C1CCCCCC1. The number of carbonyl (C=O) groups is 1. The van der Waals surface area contributed by atoms with Gasteiger partial charge in [-0.25, -0.2) is 0 Å². The number of aryl methyl sites for hydroxylation is 1. The summed E-state index contributed by atoms with van der Waals surface area (Å²) in [7, 11) is 2.06. The molecule has 2 rings (SSSR count). The van der Waals surface area contributed by atoms with Gasteiger partial charge in [0.25, 0.3) is 0 Å². The third kappa shape index (κ3) is 5.01. The predicted molar refractivity (Wildman–Crippen MR) is 88.9 cm³/mol. The van der Waals surface area contributed by atoms with Crippen molar-refractivity contribution in [1.82, 2.24) is 4.90 Å². The second-order valence-corrected chi connectivity index (χ2v) is 6.50. The summed E-state index contributed by atoms with van der Waals surface area (Å²) in [4.78, 5) is 14.4. The molecule has 0 saturated heterocycles. The molecule has 1 amide bonds. The van der Waals surface area contributed by atoms with Gasteiger partial charge in [-0.1, -0.05) is 37.3 Å². The molecule has 1 N–H and O–H groups in total. The van der Waals surface area contributed by atoms with E-state index in [-0.39, 0.29) is 5.91 Å². The standard InChI is InChI=1S/C17H25ClN2O/c1-13-11-14(18)9-10-16(13)19-17(21)12-20(2)15-7-5-3-4-6-8-15/h9-11,15H,3-8,12H2,1-2H3,(H,19,21). The third-order valence-corrected chi connectivity index (χ3v) is 4.54. The summed E-state index contributed by atoms with van der Waals surface area (Å²) in [6.07, 6.45) is 7.66. The highest BCUT2D eigenvalue weighted by Crippen LogP contribution is 2.22. The van der Waals surface area contributed by atoms with Gasteiger partial charge in [-0.15, -0.1) is 0 Å². The van der Waals surface area contributed by atoms with E-state index in [1.54, 1.807) is 6.07 Å². The smallest absolute Gasteiger partial charge is 0.238 e. The third-order valence-electron chi connectivity index (χ3n) is 4.30. The van der Waals surface area contributed by atoms with Gasteiger partial charge in [0.1, 0.15) is 0 Å². The van der Waals surface area contributed by atoms with E-state index in [0.717, 1.165) is 11.3 Å². The Morgan fingerprint density at radius 3 is 2.57 bits per heavy atom. The molecule has 1 aliphatic carbocycles. The van der Waals surface area contributed by atoms with E-state index >= 15 is 0 Å². The fourth-order valence-electron chi connectivity index (χ4n) is 3.01. The van der Waals surface area contributed by atoms with Crippen LogP contribution in [0.15, 0.2) is 18.2 Å². The second kappa shape index (κ2) is 7.81. The summed E-state index contributed by atoms with van der Waals surface area (Å²) in [5.74, 6) is 0.0483. The highest BCUT2D eigenvalue weighted by atomic mass is 35.5. The molecule has 3 nitrogen and oxygen atoms in total. The summed E-state index contributed by atoms with van der Waals surface area (Å²) in [6, 6.07) is 6.08. The number of amides is 1. The molecule has 0 aliphatic heterocycles. The van der Waals surface area contributed by atoms with Crippen LogP contribution in [0.1, 0.15) is 44.1 Å². The molecule has 0 unspecified atom stereocenters. The highest BCUT2D eigenvalue weighted by molar-refractivity contribution is 6.30. The summed E-state index contributed by atoms with van der Waals surface area (Å²) in [5, 5.41) is 3.68. The molecule has 116 valence electrons. The number of hydrogen-bond acceptors (Lipinski definition) is 2. The monoisotopic (exact) mass is 308 g/mol. The Bertz CT molecular complexity index is 482. The van der Waals surface area contributed by atoms with Crippen LogP contribution in [0.5, 0.6) is 0 Å². The number of anilines is 1. The number of halogens is 1. The lowest BCUT2D eigenvalue weighted by molar-refractivity contribution is -0.117. The van der Waals surface area contributed by atoms with Crippen LogP contribution in [0, 0.1) is 6.92 Å². The fraction of sp³-hybridized carbons (Fsp3) is 0.588. The van der Waals surface area contributed by atoms with E-state index in [4.69, 9.17) is 11.6 Å². The number of carbonyl (C=O) groups excluding carboxylic acids is 1. The molecule has 1 fully saturated rings. The fourth-order valence-corrected chi connectivity index (χ4v) is 3.24. The van der Waals surface area contributed by atoms with Crippen molar-refractivity contribution in [3.05, 3.63) is 28.8 Å². The maximum Gasteiger partial charge on any atom is 0.238 e. The molecule has 0 spiro atoms. The molecule has 0 bridgehead atoms. The molecule has 21 heavy (non-hydrogen) atoms. The zero-order chi connectivity index (χ0) is 15.2. The maximum atomic E-state index is 12.2.